The first-order valence-corrected chi connectivity index (χ1v) is 7.27. The summed E-state index contributed by atoms with van der Waals surface area (Å²) in [6, 6.07) is 13.3. The summed E-state index contributed by atoms with van der Waals surface area (Å²) in [6.07, 6.45) is 0. The molecule has 23 heavy (non-hydrogen) atoms. The van der Waals surface area contributed by atoms with Crippen LogP contribution in [0, 0.1) is 12.8 Å². The summed E-state index contributed by atoms with van der Waals surface area (Å²) < 4.78 is 0. The van der Waals surface area contributed by atoms with Crippen LogP contribution in [0.4, 0.5) is 5.69 Å². The Morgan fingerprint density at radius 1 is 1.17 bits per heavy atom. The molecule has 2 aromatic rings. The van der Waals surface area contributed by atoms with E-state index < -0.39 is 23.8 Å². The van der Waals surface area contributed by atoms with E-state index in [2.05, 4.69) is 16.2 Å². The van der Waals surface area contributed by atoms with Gasteiger partial charge in [0.15, 0.2) is 0 Å². The molecule has 6 heteroatoms. The zero-order valence-electron chi connectivity index (χ0n) is 12.5. The van der Waals surface area contributed by atoms with Gasteiger partial charge >= 0.3 is 0 Å². The van der Waals surface area contributed by atoms with Crippen molar-refractivity contribution < 1.29 is 14.7 Å². The van der Waals surface area contributed by atoms with Gasteiger partial charge < -0.3 is 10.4 Å². The SMILES string of the molecule is Cc1cccc(NC(=O)C2C(=O)NNC2c2ccccc2O)c1. The molecule has 1 fully saturated rings. The van der Waals surface area contributed by atoms with Gasteiger partial charge in [-0.2, -0.15) is 0 Å². The number of hydrogen-bond acceptors (Lipinski definition) is 4. The number of hydrazine groups is 1. The van der Waals surface area contributed by atoms with E-state index in [1.54, 1.807) is 24.3 Å². The van der Waals surface area contributed by atoms with E-state index in [1.807, 2.05) is 25.1 Å². The first-order valence-electron chi connectivity index (χ1n) is 7.27. The second kappa shape index (κ2) is 6.10. The van der Waals surface area contributed by atoms with Crippen LogP contribution in [0.2, 0.25) is 0 Å². The van der Waals surface area contributed by atoms with Crippen LogP contribution in [-0.4, -0.2) is 16.9 Å². The molecule has 1 saturated heterocycles. The molecule has 0 aromatic heterocycles. The number of aryl methyl sites for hydroxylation is 1. The quantitative estimate of drug-likeness (QED) is 0.649. The van der Waals surface area contributed by atoms with Crippen LogP contribution in [0.1, 0.15) is 17.2 Å². The number of aromatic hydroxyl groups is 1. The van der Waals surface area contributed by atoms with Gasteiger partial charge in [-0.25, -0.2) is 5.43 Å². The minimum atomic E-state index is -0.969. The molecule has 2 unspecified atom stereocenters. The standard InChI is InChI=1S/C17H17N3O3/c1-10-5-4-6-11(9-10)18-16(22)14-15(19-20-17(14)23)12-7-2-3-8-13(12)21/h2-9,14-15,19,21H,1H3,(H,18,22)(H,20,23). The molecule has 0 bridgehead atoms. The minimum Gasteiger partial charge on any atom is -0.508 e. The topological polar surface area (TPSA) is 90.5 Å². The number of para-hydroxylation sites is 1. The van der Waals surface area contributed by atoms with E-state index >= 15 is 0 Å². The second-order valence-electron chi connectivity index (χ2n) is 5.51. The molecule has 2 amide bonds. The molecule has 2 atom stereocenters. The van der Waals surface area contributed by atoms with Crippen molar-refractivity contribution in [3.63, 3.8) is 0 Å². The van der Waals surface area contributed by atoms with Crippen molar-refractivity contribution in [1.82, 2.24) is 10.9 Å². The van der Waals surface area contributed by atoms with Crippen molar-refractivity contribution in [3.05, 3.63) is 59.7 Å². The van der Waals surface area contributed by atoms with E-state index in [4.69, 9.17) is 0 Å². The zero-order valence-corrected chi connectivity index (χ0v) is 12.5. The lowest BCUT2D eigenvalue weighted by Crippen LogP contribution is -2.32. The van der Waals surface area contributed by atoms with Crippen molar-refractivity contribution in [2.24, 2.45) is 5.92 Å². The Kier molecular flexibility index (Phi) is 3.99. The van der Waals surface area contributed by atoms with Gasteiger partial charge in [-0.05, 0) is 30.7 Å². The molecule has 3 rings (SSSR count). The number of anilines is 1. The minimum absolute atomic E-state index is 0.0369. The van der Waals surface area contributed by atoms with E-state index in [-0.39, 0.29) is 5.75 Å². The molecule has 4 N–H and O–H groups in total. The van der Waals surface area contributed by atoms with Gasteiger partial charge in [-0.3, -0.25) is 15.0 Å². The number of carbonyl (C=O) groups is 2. The molecule has 6 nitrogen and oxygen atoms in total. The van der Waals surface area contributed by atoms with Gasteiger partial charge in [-0.15, -0.1) is 0 Å². The smallest absolute Gasteiger partial charge is 0.248 e. The van der Waals surface area contributed by atoms with Crippen LogP contribution in [-0.2, 0) is 9.59 Å². The highest BCUT2D eigenvalue weighted by Crippen LogP contribution is 2.32. The fraction of sp³-hybridized carbons (Fsp3) is 0.176. The molecule has 0 saturated carbocycles. The average molecular weight is 311 g/mol. The third kappa shape index (κ3) is 3.02. The zero-order chi connectivity index (χ0) is 16.4. The summed E-state index contributed by atoms with van der Waals surface area (Å²) in [4.78, 5) is 24.6. The molecular weight excluding hydrogens is 294 g/mol. The van der Waals surface area contributed by atoms with Gasteiger partial charge in [0.2, 0.25) is 11.8 Å². The van der Waals surface area contributed by atoms with Gasteiger partial charge in [0.25, 0.3) is 0 Å². The Morgan fingerprint density at radius 3 is 2.70 bits per heavy atom. The fourth-order valence-corrected chi connectivity index (χ4v) is 2.68. The molecule has 1 heterocycles. The summed E-state index contributed by atoms with van der Waals surface area (Å²) in [6.45, 7) is 1.92. The maximum absolute atomic E-state index is 12.5. The highest BCUT2D eigenvalue weighted by molar-refractivity contribution is 6.08. The Morgan fingerprint density at radius 2 is 1.96 bits per heavy atom. The number of phenolic OH excluding ortho intramolecular Hbond substituents is 1. The van der Waals surface area contributed by atoms with Crippen molar-refractivity contribution in [2.45, 2.75) is 13.0 Å². The summed E-state index contributed by atoms with van der Waals surface area (Å²) in [5.41, 5.74) is 7.37. The second-order valence-corrected chi connectivity index (χ2v) is 5.51. The van der Waals surface area contributed by atoms with Gasteiger partial charge in [0.1, 0.15) is 11.7 Å². The van der Waals surface area contributed by atoms with Gasteiger partial charge in [-0.1, -0.05) is 30.3 Å². The molecule has 118 valence electrons. The third-order valence-corrected chi connectivity index (χ3v) is 3.81. The fourth-order valence-electron chi connectivity index (χ4n) is 2.68. The molecule has 2 aromatic carbocycles. The van der Waals surface area contributed by atoms with Gasteiger partial charge in [0.05, 0.1) is 6.04 Å². The highest BCUT2D eigenvalue weighted by Gasteiger charge is 2.42. The van der Waals surface area contributed by atoms with E-state index in [1.165, 1.54) is 6.07 Å². The lowest BCUT2D eigenvalue weighted by molar-refractivity contribution is -0.130. The van der Waals surface area contributed by atoms with Crippen molar-refractivity contribution >= 4 is 17.5 Å². The molecule has 0 aliphatic carbocycles. The first-order chi connectivity index (χ1) is 11.1. The summed E-state index contributed by atoms with van der Waals surface area (Å²) in [5, 5.41) is 12.7. The largest absolute Gasteiger partial charge is 0.508 e. The number of hydrogen-bond donors (Lipinski definition) is 4. The molecule has 0 spiro atoms. The lowest BCUT2D eigenvalue weighted by Gasteiger charge is -2.18. The van der Waals surface area contributed by atoms with E-state index in [0.717, 1.165) is 5.56 Å². The lowest BCUT2D eigenvalue weighted by atomic mass is 9.93. The summed E-state index contributed by atoms with van der Waals surface area (Å²) in [5.74, 6) is -1.78. The predicted octanol–water partition coefficient (Wildman–Crippen LogP) is 1.63. The van der Waals surface area contributed by atoms with Gasteiger partial charge in [0, 0.05) is 11.3 Å². The molecule has 1 aliphatic rings. The number of carbonyl (C=O) groups excluding carboxylic acids is 2. The van der Waals surface area contributed by atoms with Crippen LogP contribution in [0.25, 0.3) is 0 Å². The summed E-state index contributed by atoms with van der Waals surface area (Å²) in [7, 11) is 0. The Hall–Kier alpha value is -2.86. The molecule has 0 radical (unpaired) electrons. The number of amides is 2. The Bertz CT molecular complexity index is 760. The molecule has 1 aliphatic heterocycles. The Balaban J connectivity index is 1.85. The van der Waals surface area contributed by atoms with Crippen LogP contribution in [0.5, 0.6) is 5.75 Å². The van der Waals surface area contributed by atoms with Crippen LogP contribution < -0.4 is 16.2 Å². The third-order valence-electron chi connectivity index (χ3n) is 3.81. The molecular formula is C17H17N3O3. The number of nitrogens with one attached hydrogen (secondary N) is 3. The predicted molar refractivity (Wildman–Crippen MR) is 85.4 cm³/mol. The number of phenols is 1. The number of benzene rings is 2. The highest BCUT2D eigenvalue weighted by atomic mass is 16.3. The van der Waals surface area contributed by atoms with Crippen molar-refractivity contribution in [3.8, 4) is 5.75 Å². The van der Waals surface area contributed by atoms with E-state index in [9.17, 15) is 14.7 Å². The average Bonchev–Trinajstić information content (AvgIpc) is 2.89. The summed E-state index contributed by atoms with van der Waals surface area (Å²) >= 11 is 0. The Labute approximate surface area is 133 Å². The van der Waals surface area contributed by atoms with E-state index in [0.29, 0.717) is 11.3 Å². The van der Waals surface area contributed by atoms with Crippen molar-refractivity contribution in [1.29, 1.82) is 0 Å². The monoisotopic (exact) mass is 311 g/mol. The van der Waals surface area contributed by atoms with Crippen LogP contribution >= 0.6 is 0 Å². The maximum Gasteiger partial charge on any atom is 0.248 e. The van der Waals surface area contributed by atoms with Crippen LogP contribution in [0.15, 0.2) is 48.5 Å². The van der Waals surface area contributed by atoms with Crippen LogP contribution in [0.3, 0.4) is 0 Å². The maximum atomic E-state index is 12.5. The normalized spacial score (nSPS) is 20.1. The first kappa shape index (κ1) is 15.1. The van der Waals surface area contributed by atoms with Crippen molar-refractivity contribution in [2.75, 3.05) is 5.32 Å². The number of rotatable bonds is 3.